The molecule has 4 rings (SSSR count). The van der Waals surface area contributed by atoms with Gasteiger partial charge in [0, 0.05) is 31.2 Å². The van der Waals surface area contributed by atoms with Crippen LogP contribution in [-0.4, -0.2) is 72.3 Å². The first-order valence-electron chi connectivity index (χ1n) is 12.5. The van der Waals surface area contributed by atoms with Crippen molar-refractivity contribution in [3.05, 3.63) is 53.8 Å². The zero-order valence-corrected chi connectivity index (χ0v) is 21.0. The Morgan fingerprint density at radius 2 is 1.92 bits per heavy atom. The van der Waals surface area contributed by atoms with Crippen LogP contribution in [0.1, 0.15) is 37.0 Å². The molecular formula is C27H35FN4O4. The molecule has 2 aromatic carbocycles. The van der Waals surface area contributed by atoms with E-state index in [4.69, 9.17) is 4.74 Å². The first kappa shape index (κ1) is 25.9. The number of hydrogen-bond acceptors (Lipinski definition) is 5. The lowest BCUT2D eigenvalue weighted by Gasteiger charge is -2.38. The van der Waals surface area contributed by atoms with E-state index in [1.165, 1.54) is 37.1 Å². The minimum absolute atomic E-state index is 0.0150. The monoisotopic (exact) mass is 498 g/mol. The Morgan fingerprint density at radius 1 is 1.19 bits per heavy atom. The SMILES string of the molecule is C[C@H]1CN([C@@H](C)CO)C(=O)c2cccc(NC(=O)Nc3ccc(F)cc3)c2O[C@H]1CN(C)CC1CC1. The number of amides is 3. The van der Waals surface area contributed by atoms with Gasteiger partial charge >= 0.3 is 6.03 Å². The molecule has 1 heterocycles. The van der Waals surface area contributed by atoms with Crippen molar-refractivity contribution >= 4 is 23.3 Å². The number of halogens is 1. The third-order valence-electron chi connectivity index (χ3n) is 6.80. The van der Waals surface area contributed by atoms with Crippen LogP contribution in [-0.2, 0) is 0 Å². The summed E-state index contributed by atoms with van der Waals surface area (Å²) in [4.78, 5) is 30.2. The Labute approximate surface area is 211 Å². The number of nitrogens with one attached hydrogen (secondary N) is 2. The predicted molar refractivity (Wildman–Crippen MR) is 137 cm³/mol. The lowest BCUT2D eigenvalue weighted by Crippen LogP contribution is -2.50. The summed E-state index contributed by atoms with van der Waals surface area (Å²) in [6.07, 6.45) is 2.26. The molecule has 1 aliphatic carbocycles. The van der Waals surface area contributed by atoms with Crippen molar-refractivity contribution in [2.45, 2.75) is 38.8 Å². The van der Waals surface area contributed by atoms with Gasteiger partial charge in [-0.15, -0.1) is 0 Å². The van der Waals surface area contributed by atoms with Crippen molar-refractivity contribution in [2.75, 3.05) is 43.9 Å². The number of hydrogen-bond donors (Lipinski definition) is 3. The van der Waals surface area contributed by atoms with E-state index in [9.17, 15) is 19.1 Å². The molecular weight excluding hydrogens is 463 g/mol. The fraction of sp³-hybridized carbons (Fsp3) is 0.481. The van der Waals surface area contributed by atoms with Crippen molar-refractivity contribution < 1.29 is 23.8 Å². The molecule has 1 aliphatic heterocycles. The van der Waals surface area contributed by atoms with Gasteiger partial charge in [0.1, 0.15) is 11.9 Å². The smallest absolute Gasteiger partial charge is 0.323 e. The van der Waals surface area contributed by atoms with Crippen molar-refractivity contribution in [2.24, 2.45) is 11.8 Å². The first-order valence-corrected chi connectivity index (χ1v) is 12.5. The number of nitrogens with zero attached hydrogens (tertiary/aromatic N) is 2. The molecule has 3 N–H and O–H groups in total. The Morgan fingerprint density at radius 3 is 2.58 bits per heavy atom. The number of fused-ring (bicyclic) bond motifs is 1. The molecule has 2 aliphatic rings. The van der Waals surface area contributed by atoms with Gasteiger partial charge in [0.2, 0.25) is 0 Å². The minimum atomic E-state index is -0.538. The van der Waals surface area contributed by atoms with Crippen molar-refractivity contribution in [1.82, 2.24) is 9.80 Å². The summed E-state index contributed by atoms with van der Waals surface area (Å²) in [5.74, 6) is 0.365. The van der Waals surface area contributed by atoms with Crippen LogP contribution in [0.4, 0.5) is 20.6 Å². The van der Waals surface area contributed by atoms with E-state index in [0.717, 1.165) is 12.5 Å². The molecule has 2 aromatic rings. The molecule has 1 saturated carbocycles. The van der Waals surface area contributed by atoms with Crippen molar-refractivity contribution in [3.63, 3.8) is 0 Å². The Hall–Kier alpha value is -3.17. The number of carbonyl (C=O) groups excluding carboxylic acids is 2. The Balaban J connectivity index is 1.62. The van der Waals surface area contributed by atoms with E-state index in [1.54, 1.807) is 23.1 Å². The molecule has 8 nitrogen and oxygen atoms in total. The summed E-state index contributed by atoms with van der Waals surface area (Å²) in [7, 11) is 2.08. The van der Waals surface area contributed by atoms with Gasteiger partial charge in [-0.3, -0.25) is 4.79 Å². The number of benzene rings is 2. The maximum Gasteiger partial charge on any atom is 0.323 e. The van der Waals surface area contributed by atoms with E-state index in [1.807, 2.05) is 13.8 Å². The third-order valence-corrected chi connectivity index (χ3v) is 6.80. The zero-order valence-electron chi connectivity index (χ0n) is 21.0. The van der Waals surface area contributed by atoms with Crippen LogP contribution >= 0.6 is 0 Å². The molecule has 0 radical (unpaired) electrons. The van der Waals surface area contributed by atoms with Crippen LogP contribution in [0.5, 0.6) is 5.75 Å². The number of anilines is 2. The molecule has 0 unspecified atom stereocenters. The average molecular weight is 499 g/mol. The van der Waals surface area contributed by atoms with Crippen LogP contribution in [0.2, 0.25) is 0 Å². The predicted octanol–water partition coefficient (Wildman–Crippen LogP) is 4.03. The number of aliphatic hydroxyl groups is 1. The van der Waals surface area contributed by atoms with Crippen molar-refractivity contribution in [1.29, 1.82) is 0 Å². The van der Waals surface area contributed by atoms with Crippen LogP contribution in [0.25, 0.3) is 0 Å². The van der Waals surface area contributed by atoms with Gasteiger partial charge in [0.15, 0.2) is 5.75 Å². The third kappa shape index (κ3) is 6.33. The summed E-state index contributed by atoms with van der Waals surface area (Å²) < 4.78 is 19.7. The molecule has 36 heavy (non-hydrogen) atoms. The number of para-hydroxylation sites is 1. The fourth-order valence-electron chi connectivity index (χ4n) is 4.50. The van der Waals surface area contributed by atoms with Crippen LogP contribution in [0.15, 0.2) is 42.5 Å². The van der Waals surface area contributed by atoms with E-state index < -0.39 is 11.8 Å². The van der Waals surface area contributed by atoms with Gasteiger partial charge in [-0.05, 0) is 69.1 Å². The minimum Gasteiger partial charge on any atom is -0.486 e. The summed E-state index contributed by atoms with van der Waals surface area (Å²) in [6.45, 7) is 5.82. The largest absolute Gasteiger partial charge is 0.486 e. The second-order valence-corrected chi connectivity index (χ2v) is 10.1. The molecule has 3 amide bonds. The average Bonchev–Trinajstić information content (AvgIpc) is 3.66. The maximum atomic E-state index is 13.5. The highest BCUT2D eigenvalue weighted by Crippen LogP contribution is 2.35. The van der Waals surface area contributed by atoms with Gasteiger partial charge < -0.3 is 30.3 Å². The Bertz CT molecular complexity index is 1080. The molecule has 3 atom stereocenters. The molecule has 0 spiro atoms. The van der Waals surface area contributed by atoms with E-state index in [-0.39, 0.29) is 30.6 Å². The highest BCUT2D eigenvalue weighted by atomic mass is 19.1. The van der Waals surface area contributed by atoms with Crippen LogP contribution in [0, 0.1) is 17.7 Å². The van der Waals surface area contributed by atoms with Gasteiger partial charge in [-0.2, -0.15) is 0 Å². The first-order chi connectivity index (χ1) is 17.2. The number of urea groups is 1. The van der Waals surface area contributed by atoms with Gasteiger partial charge in [0.05, 0.1) is 23.9 Å². The summed E-state index contributed by atoms with van der Waals surface area (Å²) in [5.41, 5.74) is 1.12. The number of rotatable bonds is 8. The number of likely N-dealkylation sites (N-methyl/N-ethyl adjacent to an activating group) is 1. The molecule has 194 valence electrons. The topological polar surface area (TPSA) is 94.1 Å². The van der Waals surface area contributed by atoms with Gasteiger partial charge in [-0.25, -0.2) is 9.18 Å². The zero-order chi connectivity index (χ0) is 25.8. The molecule has 0 aromatic heterocycles. The van der Waals surface area contributed by atoms with E-state index >= 15 is 0 Å². The second kappa shape index (κ2) is 11.3. The summed E-state index contributed by atoms with van der Waals surface area (Å²) >= 11 is 0. The number of ether oxygens (including phenoxy) is 1. The normalized spacial score (nSPS) is 20.7. The van der Waals surface area contributed by atoms with Crippen molar-refractivity contribution in [3.8, 4) is 5.75 Å². The Kier molecular flexibility index (Phi) is 8.11. The van der Waals surface area contributed by atoms with Gasteiger partial charge in [-0.1, -0.05) is 13.0 Å². The molecule has 9 heteroatoms. The number of aliphatic hydroxyl groups excluding tert-OH is 1. The molecule has 0 bridgehead atoms. The van der Waals surface area contributed by atoms with E-state index in [0.29, 0.717) is 35.8 Å². The van der Waals surface area contributed by atoms with Gasteiger partial charge in [0.25, 0.3) is 5.91 Å². The van der Waals surface area contributed by atoms with E-state index in [2.05, 4.69) is 22.6 Å². The second-order valence-electron chi connectivity index (χ2n) is 10.1. The molecule has 0 saturated heterocycles. The lowest BCUT2D eigenvalue weighted by atomic mass is 9.99. The fourth-order valence-corrected chi connectivity index (χ4v) is 4.50. The maximum absolute atomic E-state index is 13.5. The lowest BCUT2D eigenvalue weighted by molar-refractivity contribution is 0.0346. The summed E-state index contributed by atoms with van der Waals surface area (Å²) in [6, 6.07) is 9.60. The summed E-state index contributed by atoms with van der Waals surface area (Å²) in [5, 5.41) is 15.3. The van der Waals surface area contributed by atoms with Crippen LogP contribution in [0.3, 0.4) is 0 Å². The number of carbonyl (C=O) groups is 2. The quantitative estimate of drug-likeness (QED) is 0.511. The standard InChI is InChI=1S/C27H35FN4O4/c1-17-13-32(18(2)16-33)26(34)22-5-4-6-23(30-27(35)29-21-11-9-20(28)10-12-21)25(22)36-24(17)15-31(3)14-19-7-8-19/h4-6,9-12,17-19,24,33H,7-8,13-16H2,1-3H3,(H2,29,30,35)/t17-,18-,24-/m0/s1. The highest BCUT2D eigenvalue weighted by molar-refractivity contribution is 6.04. The highest BCUT2D eigenvalue weighted by Gasteiger charge is 2.35. The molecule has 1 fully saturated rings. The van der Waals surface area contributed by atoms with Crippen LogP contribution < -0.4 is 15.4 Å².